The van der Waals surface area contributed by atoms with Crippen LogP contribution in [0.4, 0.5) is 30.2 Å². The lowest BCUT2D eigenvalue weighted by atomic mass is 10.1. The fourth-order valence-electron chi connectivity index (χ4n) is 2.16. The van der Waals surface area contributed by atoms with Crippen LogP contribution >= 0.6 is 23.2 Å². The van der Waals surface area contributed by atoms with E-state index >= 15 is 0 Å². The van der Waals surface area contributed by atoms with Crippen molar-refractivity contribution in [3.63, 3.8) is 0 Å². The second kappa shape index (κ2) is 8.18. The van der Waals surface area contributed by atoms with E-state index in [9.17, 15) is 13.2 Å². The van der Waals surface area contributed by atoms with Gasteiger partial charge in [-0.05, 0) is 49.7 Å². The van der Waals surface area contributed by atoms with Gasteiger partial charge in [0.15, 0.2) is 0 Å². The van der Waals surface area contributed by atoms with E-state index in [0.717, 1.165) is 24.2 Å². The molecule has 0 bridgehead atoms. The Morgan fingerprint density at radius 2 is 1.85 bits per heavy atom. The minimum atomic E-state index is -4.49. The van der Waals surface area contributed by atoms with E-state index in [2.05, 4.69) is 10.3 Å². The number of aryl methyl sites for hydroxylation is 1. The molecule has 2 aromatic rings. The molecule has 0 spiro atoms. The van der Waals surface area contributed by atoms with Crippen molar-refractivity contribution in [3.8, 4) is 0 Å². The fourth-order valence-corrected chi connectivity index (χ4v) is 2.60. The molecule has 0 saturated carbocycles. The van der Waals surface area contributed by atoms with E-state index in [4.69, 9.17) is 23.2 Å². The molecule has 2 rings (SSSR count). The highest BCUT2D eigenvalue weighted by Gasteiger charge is 2.31. The predicted molar refractivity (Wildman–Crippen MR) is 102 cm³/mol. The van der Waals surface area contributed by atoms with Crippen LogP contribution in [0.5, 0.6) is 0 Å². The van der Waals surface area contributed by atoms with Crippen molar-refractivity contribution in [1.29, 1.82) is 0 Å². The van der Waals surface area contributed by atoms with Crippen molar-refractivity contribution in [3.05, 3.63) is 51.5 Å². The Morgan fingerprint density at radius 3 is 2.46 bits per heavy atom. The van der Waals surface area contributed by atoms with Crippen LogP contribution in [-0.2, 0) is 6.18 Å². The summed E-state index contributed by atoms with van der Waals surface area (Å²) in [6, 6.07) is 6.80. The normalized spacial score (nSPS) is 11.8. The van der Waals surface area contributed by atoms with Gasteiger partial charge in [0.25, 0.3) is 0 Å². The van der Waals surface area contributed by atoms with E-state index in [-0.39, 0.29) is 10.7 Å². The number of nitrogens with zero attached hydrogens (tertiary/aromatic N) is 2. The summed E-state index contributed by atoms with van der Waals surface area (Å²) in [4.78, 5) is 6.21. The fraction of sp³-hybridized carbons (Fsp3) is 0.278. The first-order valence-electron chi connectivity index (χ1n) is 7.79. The number of hydrogen-bond donors (Lipinski definition) is 1. The molecule has 8 heteroatoms. The Bertz CT molecular complexity index is 820. The Kier molecular flexibility index (Phi) is 6.42. The Balaban J connectivity index is 2.40. The minimum absolute atomic E-state index is 0.0195. The number of halogens is 5. The molecule has 0 aliphatic heterocycles. The average Bonchev–Trinajstić information content (AvgIpc) is 2.54. The molecule has 0 radical (unpaired) electrons. The van der Waals surface area contributed by atoms with Crippen molar-refractivity contribution < 1.29 is 13.2 Å². The van der Waals surface area contributed by atoms with E-state index < -0.39 is 11.7 Å². The summed E-state index contributed by atoms with van der Waals surface area (Å²) >= 11 is 12.2. The molecular formula is C18H18Cl2F3N3. The highest BCUT2D eigenvalue weighted by molar-refractivity contribution is 6.36. The molecule has 0 aromatic heterocycles. The molecule has 0 amide bonds. The van der Waals surface area contributed by atoms with Gasteiger partial charge in [0.2, 0.25) is 0 Å². The lowest BCUT2D eigenvalue weighted by molar-refractivity contribution is -0.137. The summed E-state index contributed by atoms with van der Waals surface area (Å²) in [6.45, 7) is 4.61. The minimum Gasteiger partial charge on any atom is -0.366 e. The third-order valence-corrected chi connectivity index (χ3v) is 4.21. The maximum Gasteiger partial charge on any atom is 0.416 e. The molecule has 0 heterocycles. The summed E-state index contributed by atoms with van der Waals surface area (Å²) < 4.78 is 38.9. The van der Waals surface area contributed by atoms with Gasteiger partial charge in [-0.2, -0.15) is 13.2 Å². The van der Waals surface area contributed by atoms with Crippen LogP contribution in [-0.4, -0.2) is 24.8 Å². The molecule has 0 fully saturated rings. The SMILES string of the molecule is CCN(C)/C=N\c1cc(C)cc(Nc2cc(Cl)cc(C(F)(F)F)c2)c1Cl. The summed E-state index contributed by atoms with van der Waals surface area (Å²) in [7, 11) is 1.87. The monoisotopic (exact) mass is 403 g/mol. The topological polar surface area (TPSA) is 27.6 Å². The lowest BCUT2D eigenvalue weighted by Gasteiger charge is -2.15. The molecular weight excluding hydrogens is 386 g/mol. The third-order valence-electron chi connectivity index (χ3n) is 3.59. The van der Waals surface area contributed by atoms with Crippen LogP contribution in [0.15, 0.2) is 35.3 Å². The van der Waals surface area contributed by atoms with Gasteiger partial charge in [-0.1, -0.05) is 23.2 Å². The van der Waals surface area contributed by atoms with Gasteiger partial charge in [0.1, 0.15) is 0 Å². The van der Waals surface area contributed by atoms with Crippen molar-refractivity contribution in [2.75, 3.05) is 18.9 Å². The largest absolute Gasteiger partial charge is 0.416 e. The molecule has 0 aliphatic rings. The number of benzene rings is 2. The molecule has 3 nitrogen and oxygen atoms in total. The molecule has 0 unspecified atom stereocenters. The van der Waals surface area contributed by atoms with Crippen LogP contribution in [0, 0.1) is 6.92 Å². The first-order valence-corrected chi connectivity index (χ1v) is 8.55. The van der Waals surface area contributed by atoms with Crippen molar-refractivity contribution in [2.45, 2.75) is 20.0 Å². The zero-order chi connectivity index (χ0) is 19.5. The summed E-state index contributed by atoms with van der Waals surface area (Å²) in [5.74, 6) is 0. The number of rotatable bonds is 5. The highest BCUT2D eigenvalue weighted by atomic mass is 35.5. The predicted octanol–water partition coefficient (Wildman–Crippen LogP) is 6.68. The summed E-state index contributed by atoms with van der Waals surface area (Å²) in [5.41, 5.74) is 1.19. The number of nitrogens with one attached hydrogen (secondary N) is 1. The number of aliphatic imine (C=N–C) groups is 1. The van der Waals surface area contributed by atoms with Crippen molar-refractivity contribution >= 4 is 46.6 Å². The first-order chi connectivity index (χ1) is 12.1. The molecule has 0 saturated heterocycles. The van der Waals surface area contributed by atoms with Crippen molar-refractivity contribution in [2.24, 2.45) is 4.99 Å². The second-order valence-electron chi connectivity index (χ2n) is 5.81. The maximum absolute atomic E-state index is 13.0. The molecule has 26 heavy (non-hydrogen) atoms. The molecule has 0 aliphatic carbocycles. The summed E-state index contributed by atoms with van der Waals surface area (Å²) in [6.07, 6.45) is -2.84. The van der Waals surface area contributed by atoms with Gasteiger partial charge in [0, 0.05) is 24.3 Å². The zero-order valence-electron chi connectivity index (χ0n) is 14.5. The van der Waals surface area contributed by atoms with Crippen LogP contribution in [0.3, 0.4) is 0 Å². The van der Waals surface area contributed by atoms with E-state index in [1.807, 2.05) is 25.8 Å². The van der Waals surface area contributed by atoms with Gasteiger partial charge in [-0.3, -0.25) is 0 Å². The number of anilines is 2. The van der Waals surface area contributed by atoms with Crippen LogP contribution < -0.4 is 5.32 Å². The highest BCUT2D eigenvalue weighted by Crippen LogP contribution is 2.38. The third kappa shape index (κ3) is 5.29. The van der Waals surface area contributed by atoms with Gasteiger partial charge < -0.3 is 10.2 Å². The van der Waals surface area contributed by atoms with E-state index in [1.54, 1.807) is 18.5 Å². The van der Waals surface area contributed by atoms with Crippen LogP contribution in [0.1, 0.15) is 18.1 Å². The molecule has 2 aromatic carbocycles. The molecule has 0 atom stereocenters. The molecule has 1 N–H and O–H groups in total. The first kappa shape index (κ1) is 20.4. The van der Waals surface area contributed by atoms with Gasteiger partial charge in [-0.25, -0.2) is 4.99 Å². The van der Waals surface area contributed by atoms with Crippen LogP contribution in [0.25, 0.3) is 0 Å². The van der Waals surface area contributed by atoms with Crippen LogP contribution in [0.2, 0.25) is 10.0 Å². The van der Waals surface area contributed by atoms with Crippen molar-refractivity contribution in [1.82, 2.24) is 4.90 Å². The maximum atomic E-state index is 13.0. The van der Waals surface area contributed by atoms with E-state index in [1.165, 1.54) is 6.07 Å². The molecule has 140 valence electrons. The summed E-state index contributed by atoms with van der Waals surface area (Å²) in [5, 5.41) is 3.20. The Hall–Kier alpha value is -1.92. The second-order valence-corrected chi connectivity index (χ2v) is 6.63. The quantitative estimate of drug-likeness (QED) is 0.445. The van der Waals surface area contributed by atoms with Gasteiger partial charge >= 0.3 is 6.18 Å². The van der Waals surface area contributed by atoms with E-state index in [0.29, 0.717) is 16.4 Å². The lowest BCUT2D eigenvalue weighted by Crippen LogP contribution is -2.14. The van der Waals surface area contributed by atoms with Gasteiger partial charge in [-0.15, -0.1) is 0 Å². The Labute approximate surface area is 160 Å². The number of hydrogen-bond acceptors (Lipinski definition) is 2. The zero-order valence-corrected chi connectivity index (χ0v) is 16.0. The average molecular weight is 404 g/mol. The smallest absolute Gasteiger partial charge is 0.366 e. The standard InChI is InChI=1S/C18H18Cl2F3N3/c1-4-26(3)10-24-15-5-11(2)6-16(17(15)20)25-14-8-12(18(21,22)23)7-13(19)9-14/h5-10,25H,4H2,1-3H3/b24-10-. The number of alkyl halides is 3. The Morgan fingerprint density at radius 1 is 1.15 bits per heavy atom. The van der Waals surface area contributed by atoms with Gasteiger partial charge in [0.05, 0.1) is 28.3 Å².